The summed E-state index contributed by atoms with van der Waals surface area (Å²) < 4.78 is 5.86. The van der Waals surface area contributed by atoms with Gasteiger partial charge in [-0.3, -0.25) is 4.90 Å². The fraction of sp³-hybridized carbons (Fsp3) is 1.00. The molecule has 3 nitrogen and oxygen atoms in total. The Morgan fingerprint density at radius 1 is 1.24 bits per heavy atom. The van der Waals surface area contributed by atoms with Crippen molar-refractivity contribution in [3.05, 3.63) is 0 Å². The Hall–Kier alpha value is -0.120. The quantitative estimate of drug-likeness (QED) is 0.866. The van der Waals surface area contributed by atoms with Crippen LogP contribution in [0.4, 0.5) is 0 Å². The smallest absolute Gasteiger partial charge is 0.0753 e. The number of nitrogens with one attached hydrogen (secondary N) is 1. The van der Waals surface area contributed by atoms with Crippen molar-refractivity contribution >= 4 is 0 Å². The largest absolute Gasteiger partial charge is 0.373 e. The summed E-state index contributed by atoms with van der Waals surface area (Å²) in [5, 5.41) is 3.58. The topological polar surface area (TPSA) is 24.5 Å². The summed E-state index contributed by atoms with van der Waals surface area (Å²) in [5.41, 5.74) is 0.465. The highest BCUT2D eigenvalue weighted by molar-refractivity contribution is 4.91. The van der Waals surface area contributed by atoms with Gasteiger partial charge in [0.25, 0.3) is 0 Å². The second-order valence-electron chi connectivity index (χ2n) is 8.87. The zero-order chi connectivity index (χ0) is 15.7. The van der Waals surface area contributed by atoms with E-state index in [1.165, 1.54) is 25.8 Å². The summed E-state index contributed by atoms with van der Waals surface area (Å²) in [6.45, 7) is 15.9. The van der Waals surface area contributed by atoms with Gasteiger partial charge in [-0.2, -0.15) is 0 Å². The molecule has 0 spiro atoms. The van der Waals surface area contributed by atoms with Gasteiger partial charge in [0.15, 0.2) is 0 Å². The lowest BCUT2D eigenvalue weighted by Gasteiger charge is -2.45. The van der Waals surface area contributed by atoms with Crippen molar-refractivity contribution < 1.29 is 4.74 Å². The van der Waals surface area contributed by atoms with Crippen LogP contribution in [0.25, 0.3) is 0 Å². The molecule has 2 rings (SSSR count). The van der Waals surface area contributed by atoms with Crippen molar-refractivity contribution in [2.75, 3.05) is 33.3 Å². The standard InChI is InChI=1S/C18H36N2O/c1-17(2,3)15-7-8-16(19-6)14(11-15)12-20-9-10-21-18(4,5)13-20/h14-16,19H,7-13H2,1-6H3. The average molecular weight is 296 g/mol. The Morgan fingerprint density at radius 2 is 1.95 bits per heavy atom. The van der Waals surface area contributed by atoms with Crippen LogP contribution >= 0.6 is 0 Å². The van der Waals surface area contributed by atoms with Crippen molar-refractivity contribution in [2.24, 2.45) is 17.3 Å². The zero-order valence-corrected chi connectivity index (χ0v) is 15.0. The van der Waals surface area contributed by atoms with E-state index in [1.807, 2.05) is 0 Å². The highest BCUT2D eigenvalue weighted by Crippen LogP contribution is 2.40. The summed E-state index contributed by atoms with van der Waals surface area (Å²) in [6.07, 6.45) is 4.07. The van der Waals surface area contributed by atoms with Gasteiger partial charge in [-0.1, -0.05) is 20.8 Å². The Kier molecular flexibility index (Phi) is 5.38. The first-order valence-electron chi connectivity index (χ1n) is 8.75. The molecule has 2 fully saturated rings. The number of rotatable bonds is 3. The minimum atomic E-state index is 0.0193. The first-order valence-corrected chi connectivity index (χ1v) is 8.75. The Labute approximate surface area is 131 Å². The number of morpholine rings is 1. The summed E-state index contributed by atoms with van der Waals surface area (Å²) in [5.74, 6) is 1.64. The molecule has 3 heteroatoms. The second-order valence-corrected chi connectivity index (χ2v) is 8.87. The van der Waals surface area contributed by atoms with Gasteiger partial charge in [0.05, 0.1) is 12.2 Å². The number of nitrogens with zero attached hydrogens (tertiary/aromatic N) is 1. The third-order valence-electron chi connectivity index (χ3n) is 5.58. The molecule has 0 aromatic heterocycles. The van der Waals surface area contributed by atoms with Crippen molar-refractivity contribution in [3.8, 4) is 0 Å². The predicted molar refractivity (Wildman–Crippen MR) is 89.6 cm³/mol. The number of hydrogen-bond acceptors (Lipinski definition) is 3. The molecule has 1 aliphatic heterocycles. The van der Waals surface area contributed by atoms with Gasteiger partial charge in [-0.15, -0.1) is 0 Å². The van der Waals surface area contributed by atoms with Crippen LogP contribution in [0.1, 0.15) is 53.9 Å². The second kappa shape index (κ2) is 6.55. The average Bonchev–Trinajstić information content (AvgIpc) is 2.36. The summed E-state index contributed by atoms with van der Waals surface area (Å²) in [4.78, 5) is 2.63. The van der Waals surface area contributed by atoms with Gasteiger partial charge in [-0.25, -0.2) is 0 Å². The van der Waals surface area contributed by atoms with E-state index in [1.54, 1.807) is 0 Å². The van der Waals surface area contributed by atoms with Crippen LogP contribution in [0.5, 0.6) is 0 Å². The van der Waals surface area contributed by atoms with Crippen molar-refractivity contribution in [3.63, 3.8) is 0 Å². The number of ether oxygens (including phenoxy) is 1. The molecular formula is C18H36N2O. The van der Waals surface area contributed by atoms with E-state index in [-0.39, 0.29) is 5.60 Å². The maximum atomic E-state index is 5.86. The van der Waals surface area contributed by atoms with E-state index >= 15 is 0 Å². The van der Waals surface area contributed by atoms with Gasteiger partial charge in [0.1, 0.15) is 0 Å². The third-order valence-corrected chi connectivity index (χ3v) is 5.58. The highest BCUT2D eigenvalue weighted by atomic mass is 16.5. The Morgan fingerprint density at radius 3 is 2.52 bits per heavy atom. The van der Waals surface area contributed by atoms with Crippen LogP contribution in [0.3, 0.4) is 0 Å². The van der Waals surface area contributed by atoms with Crippen LogP contribution in [-0.2, 0) is 4.74 Å². The zero-order valence-electron chi connectivity index (χ0n) is 15.0. The molecule has 124 valence electrons. The van der Waals surface area contributed by atoms with Crippen LogP contribution in [-0.4, -0.2) is 49.8 Å². The van der Waals surface area contributed by atoms with E-state index in [2.05, 4.69) is 51.9 Å². The van der Waals surface area contributed by atoms with Crippen LogP contribution in [0, 0.1) is 17.3 Å². The van der Waals surface area contributed by atoms with E-state index in [4.69, 9.17) is 4.74 Å². The molecule has 3 unspecified atom stereocenters. The van der Waals surface area contributed by atoms with Crippen LogP contribution in [0.15, 0.2) is 0 Å². The molecule has 0 radical (unpaired) electrons. The lowest BCUT2D eigenvalue weighted by atomic mass is 9.67. The maximum absolute atomic E-state index is 5.86. The van der Waals surface area contributed by atoms with Gasteiger partial charge < -0.3 is 10.1 Å². The predicted octanol–water partition coefficient (Wildman–Crippen LogP) is 3.15. The van der Waals surface area contributed by atoms with Gasteiger partial charge in [-0.05, 0) is 57.4 Å². The lowest BCUT2D eigenvalue weighted by Crippen LogP contribution is -2.53. The molecule has 0 aromatic carbocycles. The first-order chi connectivity index (χ1) is 9.71. The molecule has 1 aliphatic carbocycles. The first kappa shape index (κ1) is 17.2. The van der Waals surface area contributed by atoms with Crippen LogP contribution < -0.4 is 5.32 Å². The van der Waals surface area contributed by atoms with Gasteiger partial charge in [0.2, 0.25) is 0 Å². The molecule has 1 saturated carbocycles. The summed E-state index contributed by atoms with van der Waals surface area (Å²) in [7, 11) is 2.14. The molecule has 21 heavy (non-hydrogen) atoms. The molecule has 0 bridgehead atoms. The fourth-order valence-electron chi connectivity index (χ4n) is 4.23. The Balaban J connectivity index is 1.97. The number of hydrogen-bond donors (Lipinski definition) is 1. The van der Waals surface area contributed by atoms with E-state index in [0.717, 1.165) is 31.5 Å². The van der Waals surface area contributed by atoms with E-state index < -0.39 is 0 Å². The monoisotopic (exact) mass is 296 g/mol. The molecule has 2 aliphatic rings. The molecule has 1 heterocycles. The third kappa shape index (κ3) is 4.67. The fourth-order valence-corrected chi connectivity index (χ4v) is 4.23. The van der Waals surface area contributed by atoms with Gasteiger partial charge in [0, 0.05) is 25.7 Å². The van der Waals surface area contributed by atoms with Crippen molar-refractivity contribution in [1.82, 2.24) is 10.2 Å². The normalized spacial score (nSPS) is 34.9. The summed E-state index contributed by atoms with van der Waals surface area (Å²) >= 11 is 0. The lowest BCUT2D eigenvalue weighted by molar-refractivity contribution is -0.0920. The molecule has 3 atom stereocenters. The summed E-state index contributed by atoms with van der Waals surface area (Å²) in [6, 6.07) is 0.689. The van der Waals surface area contributed by atoms with Crippen molar-refractivity contribution in [1.29, 1.82) is 0 Å². The van der Waals surface area contributed by atoms with E-state index in [0.29, 0.717) is 11.5 Å². The maximum Gasteiger partial charge on any atom is 0.0753 e. The minimum absolute atomic E-state index is 0.0193. The SMILES string of the molecule is CNC1CCC(C(C)(C)C)CC1CN1CCOC(C)(C)C1. The van der Waals surface area contributed by atoms with Crippen LogP contribution in [0.2, 0.25) is 0 Å². The Bertz CT molecular complexity index is 335. The molecule has 1 N–H and O–H groups in total. The highest BCUT2D eigenvalue weighted by Gasteiger charge is 2.37. The van der Waals surface area contributed by atoms with Gasteiger partial charge >= 0.3 is 0 Å². The molecule has 1 saturated heterocycles. The molecular weight excluding hydrogens is 260 g/mol. The minimum Gasteiger partial charge on any atom is -0.373 e. The molecule has 0 aromatic rings. The molecule has 0 amide bonds. The van der Waals surface area contributed by atoms with E-state index in [9.17, 15) is 0 Å². The van der Waals surface area contributed by atoms with Crippen molar-refractivity contribution in [2.45, 2.75) is 65.5 Å².